The third-order valence-corrected chi connectivity index (χ3v) is 8.57. The molecule has 0 bridgehead atoms. The Balaban J connectivity index is 1.30. The number of nitrogens with zero attached hydrogens (tertiary/aromatic N) is 5. The number of aromatic nitrogens is 1. The van der Waals surface area contributed by atoms with Crippen LogP contribution in [0.2, 0.25) is 0 Å². The van der Waals surface area contributed by atoms with Crippen LogP contribution in [-0.2, 0) is 25.7 Å². The molecule has 3 fully saturated rings. The minimum absolute atomic E-state index is 0.0896. The lowest BCUT2D eigenvalue weighted by atomic mass is 9.90. The molecule has 12 nitrogen and oxygen atoms in total. The molecule has 0 radical (unpaired) electrons. The van der Waals surface area contributed by atoms with Gasteiger partial charge in [-0.2, -0.15) is 0 Å². The summed E-state index contributed by atoms with van der Waals surface area (Å²) in [6.07, 6.45) is 3.93. The summed E-state index contributed by atoms with van der Waals surface area (Å²) in [5.41, 5.74) is 2.23. The molecule has 1 aromatic heterocycles. The van der Waals surface area contributed by atoms with E-state index in [0.717, 1.165) is 16.8 Å². The van der Waals surface area contributed by atoms with Crippen molar-refractivity contribution in [1.29, 1.82) is 0 Å². The molecule has 0 spiro atoms. The summed E-state index contributed by atoms with van der Waals surface area (Å²) in [6, 6.07) is 9.32. The normalized spacial score (nSPS) is 22.1. The first-order valence-corrected chi connectivity index (χ1v) is 15.6. The van der Waals surface area contributed by atoms with Gasteiger partial charge >= 0.3 is 12.2 Å². The minimum atomic E-state index is -1.11. The van der Waals surface area contributed by atoms with Crippen LogP contribution in [-0.4, -0.2) is 108 Å². The summed E-state index contributed by atoms with van der Waals surface area (Å²) in [5, 5.41) is 2.69. The maximum absolute atomic E-state index is 14.2. The third-order valence-electron chi connectivity index (χ3n) is 8.57. The van der Waals surface area contributed by atoms with Crippen molar-refractivity contribution in [1.82, 2.24) is 25.0 Å². The van der Waals surface area contributed by atoms with Gasteiger partial charge < -0.3 is 34.4 Å². The Bertz CT molecular complexity index is 1390. The quantitative estimate of drug-likeness (QED) is 0.522. The Morgan fingerprint density at radius 1 is 1.00 bits per heavy atom. The maximum atomic E-state index is 14.2. The largest absolute Gasteiger partial charge is 0.445 e. The molecule has 4 amide bonds. The molecule has 3 saturated heterocycles. The lowest BCUT2D eigenvalue weighted by molar-refractivity contribution is -0.150. The number of benzene rings is 1. The van der Waals surface area contributed by atoms with Crippen LogP contribution in [0.4, 0.5) is 15.3 Å². The second-order valence-electron chi connectivity index (χ2n) is 13.2. The summed E-state index contributed by atoms with van der Waals surface area (Å²) >= 11 is 0. The van der Waals surface area contributed by atoms with Crippen molar-refractivity contribution < 1.29 is 28.7 Å². The molecule has 5 rings (SSSR count). The first kappa shape index (κ1) is 32.1. The number of carbonyl (C=O) groups is 4. The lowest BCUT2D eigenvalue weighted by Gasteiger charge is -2.44. The van der Waals surface area contributed by atoms with Crippen LogP contribution in [0.5, 0.6) is 0 Å². The molecule has 45 heavy (non-hydrogen) atoms. The van der Waals surface area contributed by atoms with E-state index in [1.165, 1.54) is 4.90 Å². The fourth-order valence-electron chi connectivity index (χ4n) is 6.34. The second kappa shape index (κ2) is 13.3. The van der Waals surface area contributed by atoms with E-state index in [1.807, 2.05) is 61.6 Å². The summed E-state index contributed by atoms with van der Waals surface area (Å²) in [7, 11) is 3.97. The summed E-state index contributed by atoms with van der Waals surface area (Å²) < 4.78 is 11.0. The molecule has 4 heterocycles. The first-order chi connectivity index (χ1) is 21.4. The van der Waals surface area contributed by atoms with Gasteiger partial charge in [-0.15, -0.1) is 0 Å². The molecular weight excluding hydrogens is 576 g/mol. The number of likely N-dealkylation sites (tertiary alicyclic amines) is 1. The molecule has 3 atom stereocenters. The Labute approximate surface area is 264 Å². The van der Waals surface area contributed by atoms with Crippen molar-refractivity contribution in [2.24, 2.45) is 0 Å². The van der Waals surface area contributed by atoms with Crippen LogP contribution in [0.1, 0.15) is 57.1 Å². The van der Waals surface area contributed by atoms with Crippen LogP contribution in [0.25, 0.3) is 0 Å². The highest BCUT2D eigenvalue weighted by atomic mass is 16.6. The van der Waals surface area contributed by atoms with Crippen molar-refractivity contribution in [3.8, 4) is 0 Å². The number of pyridine rings is 1. The Morgan fingerprint density at radius 3 is 2.42 bits per heavy atom. The molecule has 2 aromatic rings. The van der Waals surface area contributed by atoms with Gasteiger partial charge in [-0.3, -0.25) is 14.6 Å². The number of amides is 4. The fourth-order valence-corrected chi connectivity index (χ4v) is 6.34. The molecule has 3 aliphatic rings. The van der Waals surface area contributed by atoms with Crippen LogP contribution in [0.3, 0.4) is 0 Å². The summed E-state index contributed by atoms with van der Waals surface area (Å²) in [4.78, 5) is 65.3. The number of nitrogens with one attached hydrogen (secondary N) is 1. The number of carbonyl (C=O) groups excluding carboxylic acids is 4. The van der Waals surface area contributed by atoms with Gasteiger partial charge in [-0.1, -0.05) is 30.3 Å². The molecule has 12 heteroatoms. The van der Waals surface area contributed by atoms with Gasteiger partial charge in [0.1, 0.15) is 24.3 Å². The number of ether oxygens (including phenoxy) is 2. The minimum Gasteiger partial charge on any atom is -0.445 e. The molecule has 242 valence electrons. The van der Waals surface area contributed by atoms with Gasteiger partial charge in [0.25, 0.3) is 0 Å². The standard InChI is InChI=1S/C33H44N6O6/c1-33(2,3)45-31(42)35-26-20-37(32(43)44-21-22-9-7-6-8-10-22)16-14-24-11-12-28(39(24)29(26)40)30(41)38-18-23(19-38)25-17-34-15-13-27(25)36(4)5/h6-10,13,15,17,23-24,26,28H,11-12,14,16,18-21H2,1-5H3,(H,35,42)/t24-,26+,28+/m1/s1. The van der Waals surface area contributed by atoms with Crippen LogP contribution >= 0.6 is 0 Å². The van der Waals surface area contributed by atoms with Gasteiger partial charge in [0.15, 0.2) is 0 Å². The van der Waals surface area contributed by atoms with E-state index >= 15 is 0 Å². The van der Waals surface area contributed by atoms with Crippen LogP contribution < -0.4 is 10.2 Å². The number of hydrogen-bond donors (Lipinski definition) is 1. The van der Waals surface area contributed by atoms with E-state index in [-0.39, 0.29) is 31.0 Å². The van der Waals surface area contributed by atoms with Crippen LogP contribution in [0, 0.1) is 0 Å². The van der Waals surface area contributed by atoms with E-state index in [2.05, 4.69) is 10.3 Å². The zero-order valence-corrected chi connectivity index (χ0v) is 26.8. The molecule has 0 unspecified atom stereocenters. The number of hydrogen-bond acceptors (Lipinski definition) is 8. The highest BCUT2D eigenvalue weighted by molar-refractivity contribution is 5.93. The lowest BCUT2D eigenvalue weighted by Crippen LogP contribution is -2.62. The molecule has 0 saturated carbocycles. The average molecular weight is 621 g/mol. The SMILES string of the molecule is CN(C)c1ccncc1C1CN(C(=O)[C@@H]2CC[C@@H]3CCN(C(=O)OCc4ccccc4)C[C@H](NC(=O)OC(C)(C)C)C(=O)N32)C1. The van der Waals surface area contributed by atoms with Gasteiger partial charge in [0.05, 0.1) is 6.54 Å². The number of anilines is 1. The zero-order chi connectivity index (χ0) is 32.3. The van der Waals surface area contributed by atoms with Gasteiger partial charge in [0, 0.05) is 69.3 Å². The Morgan fingerprint density at radius 2 is 1.73 bits per heavy atom. The predicted molar refractivity (Wildman–Crippen MR) is 168 cm³/mol. The van der Waals surface area contributed by atoms with Crippen molar-refractivity contribution in [2.45, 2.75) is 76.3 Å². The van der Waals surface area contributed by atoms with E-state index in [4.69, 9.17) is 9.47 Å². The fraction of sp³-hybridized carbons (Fsp3) is 0.545. The molecule has 3 aliphatic heterocycles. The highest BCUT2D eigenvalue weighted by Crippen LogP contribution is 2.36. The van der Waals surface area contributed by atoms with E-state index in [0.29, 0.717) is 38.9 Å². The van der Waals surface area contributed by atoms with Gasteiger partial charge in [-0.25, -0.2) is 9.59 Å². The van der Waals surface area contributed by atoms with Crippen molar-refractivity contribution in [3.63, 3.8) is 0 Å². The number of fused-ring (bicyclic) bond motifs is 1. The monoisotopic (exact) mass is 620 g/mol. The van der Waals surface area contributed by atoms with Gasteiger partial charge in [0.2, 0.25) is 11.8 Å². The van der Waals surface area contributed by atoms with E-state index < -0.39 is 35.8 Å². The number of rotatable bonds is 6. The van der Waals surface area contributed by atoms with E-state index in [9.17, 15) is 19.2 Å². The molecule has 0 aliphatic carbocycles. The van der Waals surface area contributed by atoms with Crippen LogP contribution in [0.15, 0.2) is 48.8 Å². The molecular formula is C33H44N6O6. The van der Waals surface area contributed by atoms with Crippen molar-refractivity contribution in [3.05, 3.63) is 59.9 Å². The topological polar surface area (TPSA) is 125 Å². The zero-order valence-electron chi connectivity index (χ0n) is 26.8. The second-order valence-corrected chi connectivity index (χ2v) is 13.2. The van der Waals surface area contributed by atoms with Crippen molar-refractivity contribution >= 4 is 29.7 Å². The number of alkyl carbamates (subject to hydrolysis) is 1. The highest BCUT2D eigenvalue weighted by Gasteiger charge is 2.48. The predicted octanol–water partition coefficient (Wildman–Crippen LogP) is 3.37. The third kappa shape index (κ3) is 7.49. The summed E-state index contributed by atoms with van der Waals surface area (Å²) in [6.45, 7) is 6.61. The smallest absolute Gasteiger partial charge is 0.410 e. The maximum Gasteiger partial charge on any atom is 0.410 e. The molecule has 1 N–H and O–H groups in total. The van der Waals surface area contributed by atoms with Gasteiger partial charge in [-0.05, 0) is 51.7 Å². The average Bonchev–Trinajstić information content (AvgIpc) is 3.38. The molecule has 1 aromatic carbocycles. The summed E-state index contributed by atoms with van der Waals surface area (Å²) in [5.74, 6) is -0.327. The Kier molecular flexibility index (Phi) is 9.50. The first-order valence-electron chi connectivity index (χ1n) is 15.6. The Hall–Kier alpha value is -4.35. The van der Waals surface area contributed by atoms with Crippen molar-refractivity contribution in [2.75, 3.05) is 45.2 Å². The van der Waals surface area contributed by atoms with E-state index in [1.54, 1.807) is 36.8 Å².